The molecular weight excluding hydrogens is 366 g/mol. The van der Waals surface area contributed by atoms with Crippen LogP contribution < -0.4 is 5.32 Å². The third kappa shape index (κ3) is 3.87. The molecule has 0 saturated heterocycles. The van der Waals surface area contributed by atoms with E-state index in [-0.39, 0.29) is 23.9 Å². The number of aromatic nitrogens is 1. The Hall–Kier alpha value is -3.93. The maximum Gasteiger partial charge on any atom is 0.228 e. The number of aromatic hydroxyl groups is 1. The number of hydrogen-bond acceptors (Lipinski definition) is 4. The normalized spacial score (nSPS) is 10.8. The number of benzene rings is 3. The average Bonchev–Trinajstić information content (AvgIpc) is 2.99. The molecule has 0 bridgehead atoms. The van der Waals surface area contributed by atoms with Crippen LogP contribution >= 0.6 is 0 Å². The van der Waals surface area contributed by atoms with Gasteiger partial charge in [0.05, 0.1) is 18.5 Å². The fourth-order valence-corrected chi connectivity index (χ4v) is 3.40. The summed E-state index contributed by atoms with van der Waals surface area (Å²) in [6.45, 7) is 0.401. The van der Waals surface area contributed by atoms with Gasteiger partial charge >= 0.3 is 0 Å². The summed E-state index contributed by atoms with van der Waals surface area (Å²) in [4.78, 5) is 23.7. The lowest BCUT2D eigenvalue weighted by molar-refractivity contribution is -0.115. The molecule has 144 valence electrons. The minimum Gasteiger partial charge on any atom is -0.493 e. The van der Waals surface area contributed by atoms with Gasteiger partial charge in [0.1, 0.15) is 0 Å². The number of nitrogens with zero attached hydrogens (tertiary/aromatic N) is 2. The van der Waals surface area contributed by atoms with Crippen molar-refractivity contribution < 1.29 is 9.90 Å². The molecular formula is C23H19N3O3. The van der Waals surface area contributed by atoms with Gasteiger partial charge in [0.25, 0.3) is 0 Å². The quantitative estimate of drug-likeness (QED) is 0.459. The first-order chi connectivity index (χ1) is 14.2. The summed E-state index contributed by atoms with van der Waals surface area (Å²) in [6, 6.07) is 24.3. The molecule has 1 heterocycles. The van der Waals surface area contributed by atoms with Crippen LogP contribution in [0.1, 0.15) is 11.1 Å². The largest absolute Gasteiger partial charge is 0.493 e. The van der Waals surface area contributed by atoms with Crippen LogP contribution in [-0.2, 0) is 17.8 Å². The summed E-state index contributed by atoms with van der Waals surface area (Å²) in [5, 5.41) is 16.9. The van der Waals surface area contributed by atoms with Crippen molar-refractivity contribution in [3.8, 4) is 5.88 Å². The van der Waals surface area contributed by atoms with Gasteiger partial charge in [-0.05, 0) is 34.5 Å². The van der Waals surface area contributed by atoms with E-state index in [0.717, 1.165) is 11.1 Å². The zero-order chi connectivity index (χ0) is 20.2. The first kappa shape index (κ1) is 18.4. The molecule has 0 spiro atoms. The second-order valence-electron chi connectivity index (χ2n) is 6.78. The van der Waals surface area contributed by atoms with Crippen molar-refractivity contribution in [2.45, 2.75) is 13.0 Å². The minimum atomic E-state index is -0.188. The molecule has 4 rings (SSSR count). The van der Waals surface area contributed by atoms with Crippen molar-refractivity contribution in [3.05, 3.63) is 94.9 Å². The van der Waals surface area contributed by atoms with Crippen molar-refractivity contribution in [3.63, 3.8) is 0 Å². The van der Waals surface area contributed by atoms with Crippen molar-refractivity contribution in [2.75, 3.05) is 5.32 Å². The van der Waals surface area contributed by atoms with Crippen molar-refractivity contribution >= 4 is 28.2 Å². The minimum absolute atomic E-state index is 0.0323. The molecule has 0 aliphatic carbocycles. The van der Waals surface area contributed by atoms with E-state index in [1.54, 1.807) is 22.8 Å². The zero-order valence-electron chi connectivity index (χ0n) is 15.6. The molecule has 6 nitrogen and oxygen atoms in total. The molecule has 0 aliphatic rings. The highest BCUT2D eigenvalue weighted by Crippen LogP contribution is 2.40. The molecule has 2 N–H and O–H groups in total. The second kappa shape index (κ2) is 7.98. The number of carbonyl (C=O) groups excluding carboxylic acids is 1. The monoisotopic (exact) mass is 385 g/mol. The van der Waals surface area contributed by atoms with Gasteiger partial charge in [0, 0.05) is 11.1 Å². The second-order valence-corrected chi connectivity index (χ2v) is 6.78. The SMILES string of the molecule is O=Nc1c(O)n(Cc2ccccc2)c2ccc(NC(=O)Cc3ccccc3)cc12. The highest BCUT2D eigenvalue weighted by molar-refractivity contribution is 6.00. The van der Waals surface area contributed by atoms with Crippen LogP contribution in [0.25, 0.3) is 10.9 Å². The first-order valence-corrected chi connectivity index (χ1v) is 9.22. The van der Waals surface area contributed by atoms with E-state index in [0.29, 0.717) is 23.1 Å². The molecule has 0 atom stereocenters. The van der Waals surface area contributed by atoms with Gasteiger partial charge in [0.2, 0.25) is 11.8 Å². The summed E-state index contributed by atoms with van der Waals surface area (Å²) < 4.78 is 1.64. The van der Waals surface area contributed by atoms with Gasteiger partial charge in [-0.2, -0.15) is 0 Å². The van der Waals surface area contributed by atoms with Crippen LogP contribution in [0, 0.1) is 4.91 Å². The highest BCUT2D eigenvalue weighted by atomic mass is 16.3. The smallest absolute Gasteiger partial charge is 0.228 e. The van der Waals surface area contributed by atoms with Crippen LogP contribution in [0.2, 0.25) is 0 Å². The molecule has 1 aromatic heterocycles. The number of carbonyl (C=O) groups is 1. The number of hydrogen-bond donors (Lipinski definition) is 2. The standard InChI is InChI=1S/C23H19N3O3/c27-21(13-16-7-3-1-4-8-16)24-18-11-12-20-19(14-18)22(25-29)23(28)26(20)15-17-9-5-2-6-10-17/h1-12,14,28H,13,15H2,(H,24,27). The summed E-state index contributed by atoms with van der Waals surface area (Å²) in [6.07, 6.45) is 0.248. The Morgan fingerprint density at radius 2 is 1.59 bits per heavy atom. The third-order valence-corrected chi connectivity index (χ3v) is 4.78. The van der Waals surface area contributed by atoms with E-state index in [1.165, 1.54) is 0 Å². The molecule has 0 radical (unpaired) electrons. The molecule has 1 amide bonds. The van der Waals surface area contributed by atoms with Gasteiger partial charge in [-0.3, -0.25) is 4.79 Å². The molecule has 0 unspecified atom stereocenters. The van der Waals surface area contributed by atoms with E-state index < -0.39 is 0 Å². The lowest BCUT2D eigenvalue weighted by atomic mass is 10.1. The topological polar surface area (TPSA) is 83.7 Å². The molecule has 29 heavy (non-hydrogen) atoms. The number of fused-ring (bicyclic) bond motifs is 1. The lowest BCUT2D eigenvalue weighted by Gasteiger charge is -2.08. The van der Waals surface area contributed by atoms with Crippen LogP contribution in [-0.4, -0.2) is 15.6 Å². The maximum absolute atomic E-state index is 12.3. The zero-order valence-corrected chi connectivity index (χ0v) is 15.6. The molecule has 3 aromatic carbocycles. The van der Waals surface area contributed by atoms with Crippen LogP contribution in [0.4, 0.5) is 11.4 Å². The predicted octanol–water partition coefficient (Wildman–Crippen LogP) is 4.97. The van der Waals surface area contributed by atoms with Gasteiger partial charge in [-0.25, -0.2) is 0 Å². The third-order valence-electron chi connectivity index (χ3n) is 4.78. The van der Waals surface area contributed by atoms with Gasteiger partial charge < -0.3 is 15.0 Å². The Morgan fingerprint density at radius 3 is 2.24 bits per heavy atom. The van der Waals surface area contributed by atoms with Crippen LogP contribution in [0.3, 0.4) is 0 Å². The molecule has 6 heteroatoms. The predicted molar refractivity (Wildman–Crippen MR) is 113 cm³/mol. The Kier molecular flexibility index (Phi) is 5.07. The Labute approximate surface area is 167 Å². The Bertz CT molecular complexity index is 1170. The molecule has 0 fully saturated rings. The number of nitrogens with one attached hydrogen (secondary N) is 1. The van der Waals surface area contributed by atoms with E-state index >= 15 is 0 Å². The van der Waals surface area contributed by atoms with Gasteiger partial charge in [0.15, 0.2) is 5.69 Å². The van der Waals surface area contributed by atoms with Crippen LogP contribution in [0.15, 0.2) is 84.0 Å². The number of anilines is 1. The van der Waals surface area contributed by atoms with E-state index in [9.17, 15) is 14.8 Å². The summed E-state index contributed by atoms with van der Waals surface area (Å²) in [7, 11) is 0. The molecule has 4 aromatic rings. The number of nitroso groups, excluding NO2 is 1. The van der Waals surface area contributed by atoms with Crippen molar-refractivity contribution in [1.29, 1.82) is 0 Å². The number of amides is 1. The van der Waals surface area contributed by atoms with E-state index in [4.69, 9.17) is 0 Å². The summed E-state index contributed by atoms with van der Waals surface area (Å²) >= 11 is 0. The fraction of sp³-hybridized carbons (Fsp3) is 0.0870. The highest BCUT2D eigenvalue weighted by Gasteiger charge is 2.18. The Balaban J connectivity index is 1.63. The summed E-state index contributed by atoms with van der Waals surface area (Å²) in [5.41, 5.74) is 3.07. The average molecular weight is 385 g/mol. The summed E-state index contributed by atoms with van der Waals surface area (Å²) in [5.74, 6) is -0.351. The van der Waals surface area contributed by atoms with Gasteiger partial charge in [-0.15, -0.1) is 4.91 Å². The molecule has 0 aliphatic heterocycles. The van der Waals surface area contributed by atoms with E-state index in [1.807, 2.05) is 60.7 Å². The van der Waals surface area contributed by atoms with Crippen molar-refractivity contribution in [1.82, 2.24) is 4.57 Å². The van der Waals surface area contributed by atoms with Crippen molar-refractivity contribution in [2.24, 2.45) is 5.18 Å². The first-order valence-electron chi connectivity index (χ1n) is 9.22. The van der Waals surface area contributed by atoms with Gasteiger partial charge in [-0.1, -0.05) is 60.7 Å². The Morgan fingerprint density at radius 1 is 0.931 bits per heavy atom. The van der Waals surface area contributed by atoms with Crippen LogP contribution in [0.5, 0.6) is 5.88 Å². The maximum atomic E-state index is 12.3. The molecule has 0 saturated carbocycles. The van der Waals surface area contributed by atoms with E-state index in [2.05, 4.69) is 10.5 Å². The number of rotatable bonds is 6. The fourth-order valence-electron chi connectivity index (χ4n) is 3.40. The lowest BCUT2D eigenvalue weighted by Crippen LogP contribution is -2.14.